The summed E-state index contributed by atoms with van der Waals surface area (Å²) in [5.74, 6) is 1.21. The Kier molecular flexibility index (Phi) is 6.70. The Labute approximate surface area is 166 Å². The van der Waals surface area contributed by atoms with Gasteiger partial charge in [-0.05, 0) is 33.6 Å². The van der Waals surface area contributed by atoms with Gasteiger partial charge in [0.1, 0.15) is 5.01 Å². The second-order valence-corrected chi connectivity index (χ2v) is 8.67. The van der Waals surface area contributed by atoms with Gasteiger partial charge in [-0.2, -0.15) is 0 Å². The monoisotopic (exact) mass is 392 g/mol. The third-order valence-corrected chi connectivity index (χ3v) is 6.69. The second-order valence-electron chi connectivity index (χ2n) is 7.38. The quantitative estimate of drug-likeness (QED) is 0.621. The number of carbonyl (C=O) groups excluding carboxylic acids is 1. The standard InChI is InChI=1S/C19H32N6OS/c1-14-16(3)27-17(22-14)13-21-19(20-4)25-11-9-23(10-12-25)15(2)18(26)24-7-5-6-8-24/h15H,5-13H2,1-4H3,(H,20,21). The molecule has 0 bridgehead atoms. The van der Waals surface area contributed by atoms with Crippen LogP contribution in [-0.4, -0.2) is 83.9 Å². The zero-order chi connectivity index (χ0) is 19.4. The highest BCUT2D eigenvalue weighted by Crippen LogP contribution is 2.17. The van der Waals surface area contributed by atoms with Gasteiger partial charge in [0.2, 0.25) is 5.91 Å². The van der Waals surface area contributed by atoms with E-state index in [0.29, 0.717) is 6.54 Å². The highest BCUT2D eigenvalue weighted by molar-refractivity contribution is 7.11. The minimum absolute atomic E-state index is 0.0264. The van der Waals surface area contributed by atoms with Crippen molar-refractivity contribution in [3.63, 3.8) is 0 Å². The maximum absolute atomic E-state index is 12.6. The molecule has 2 saturated heterocycles. The summed E-state index contributed by atoms with van der Waals surface area (Å²) in [6.07, 6.45) is 2.29. The number of piperazine rings is 1. The molecule has 7 nitrogen and oxygen atoms in total. The fraction of sp³-hybridized carbons (Fsp3) is 0.737. The van der Waals surface area contributed by atoms with Gasteiger partial charge in [-0.25, -0.2) is 4.98 Å². The van der Waals surface area contributed by atoms with Crippen molar-refractivity contribution in [2.24, 2.45) is 4.99 Å². The average Bonchev–Trinajstić information content (AvgIpc) is 3.32. The number of nitrogens with one attached hydrogen (secondary N) is 1. The smallest absolute Gasteiger partial charge is 0.239 e. The van der Waals surface area contributed by atoms with Gasteiger partial charge in [0.15, 0.2) is 5.96 Å². The summed E-state index contributed by atoms with van der Waals surface area (Å²) in [5.41, 5.74) is 1.11. The summed E-state index contributed by atoms with van der Waals surface area (Å²) < 4.78 is 0. The maximum Gasteiger partial charge on any atom is 0.239 e. The predicted molar refractivity (Wildman–Crippen MR) is 110 cm³/mol. The molecule has 27 heavy (non-hydrogen) atoms. The lowest BCUT2D eigenvalue weighted by molar-refractivity contribution is -0.135. The Balaban J connectivity index is 1.48. The van der Waals surface area contributed by atoms with E-state index in [1.54, 1.807) is 11.3 Å². The van der Waals surface area contributed by atoms with Gasteiger partial charge in [-0.1, -0.05) is 0 Å². The molecule has 0 aliphatic carbocycles. The van der Waals surface area contributed by atoms with E-state index in [1.165, 1.54) is 4.88 Å². The van der Waals surface area contributed by atoms with Crippen molar-refractivity contribution in [3.8, 4) is 0 Å². The number of hydrogen-bond acceptors (Lipinski definition) is 5. The Morgan fingerprint density at radius 2 is 1.81 bits per heavy atom. The summed E-state index contributed by atoms with van der Waals surface area (Å²) >= 11 is 1.74. The molecule has 1 amide bonds. The number of likely N-dealkylation sites (tertiary alicyclic amines) is 1. The number of hydrogen-bond donors (Lipinski definition) is 1. The predicted octanol–water partition coefficient (Wildman–Crippen LogP) is 1.46. The topological polar surface area (TPSA) is 64.1 Å². The van der Waals surface area contributed by atoms with Crippen molar-refractivity contribution < 1.29 is 4.79 Å². The normalized spacial score (nSPS) is 20.2. The molecule has 8 heteroatoms. The molecule has 2 fully saturated rings. The molecule has 2 aliphatic rings. The van der Waals surface area contributed by atoms with E-state index >= 15 is 0 Å². The number of aliphatic imine (C=N–C) groups is 1. The Hall–Kier alpha value is -1.67. The number of thiazole rings is 1. The van der Waals surface area contributed by atoms with Crippen LogP contribution in [0.4, 0.5) is 0 Å². The minimum Gasteiger partial charge on any atom is -0.350 e. The Morgan fingerprint density at radius 3 is 2.37 bits per heavy atom. The maximum atomic E-state index is 12.6. The van der Waals surface area contributed by atoms with Crippen LogP contribution in [0.1, 0.15) is 35.3 Å². The molecule has 0 aromatic carbocycles. The summed E-state index contributed by atoms with van der Waals surface area (Å²) in [6, 6.07) is -0.0264. The van der Waals surface area contributed by atoms with Gasteiger partial charge in [-0.3, -0.25) is 14.7 Å². The van der Waals surface area contributed by atoms with Crippen LogP contribution in [0.15, 0.2) is 4.99 Å². The van der Waals surface area contributed by atoms with E-state index in [4.69, 9.17) is 0 Å². The molecule has 1 aromatic heterocycles. The molecule has 1 aromatic rings. The fourth-order valence-electron chi connectivity index (χ4n) is 3.78. The van der Waals surface area contributed by atoms with Crippen LogP contribution in [0.2, 0.25) is 0 Å². The SMILES string of the molecule is CN=C(NCc1nc(C)c(C)s1)N1CCN(C(C)C(=O)N2CCCC2)CC1. The van der Waals surface area contributed by atoms with Crippen molar-refractivity contribution in [2.45, 2.75) is 46.2 Å². The van der Waals surface area contributed by atoms with Gasteiger partial charge < -0.3 is 15.1 Å². The first kappa shape index (κ1) is 20.1. The summed E-state index contributed by atoms with van der Waals surface area (Å²) in [5, 5.41) is 4.53. The number of aryl methyl sites for hydroxylation is 2. The summed E-state index contributed by atoms with van der Waals surface area (Å²) in [4.78, 5) is 29.5. The van der Waals surface area contributed by atoms with Gasteiger partial charge >= 0.3 is 0 Å². The third kappa shape index (κ3) is 4.79. The van der Waals surface area contributed by atoms with Crippen LogP contribution in [0, 0.1) is 13.8 Å². The van der Waals surface area contributed by atoms with E-state index in [1.807, 2.05) is 18.9 Å². The first-order valence-electron chi connectivity index (χ1n) is 9.91. The first-order valence-corrected chi connectivity index (χ1v) is 10.7. The first-order chi connectivity index (χ1) is 13.0. The van der Waals surface area contributed by atoms with Crippen LogP contribution in [-0.2, 0) is 11.3 Å². The molecule has 3 rings (SSSR count). The van der Waals surface area contributed by atoms with Gasteiger partial charge in [0, 0.05) is 51.2 Å². The number of guanidine groups is 1. The lowest BCUT2D eigenvalue weighted by Gasteiger charge is -2.39. The molecular formula is C19H32N6OS. The molecule has 150 valence electrons. The molecule has 2 aliphatic heterocycles. The molecule has 0 radical (unpaired) electrons. The lowest BCUT2D eigenvalue weighted by atomic mass is 10.2. The van der Waals surface area contributed by atoms with Crippen molar-refractivity contribution in [3.05, 3.63) is 15.6 Å². The Bertz CT molecular complexity index is 654. The molecule has 0 spiro atoms. The number of rotatable bonds is 4. The van der Waals surface area contributed by atoms with Gasteiger partial charge in [-0.15, -0.1) is 11.3 Å². The number of carbonyl (C=O) groups is 1. The van der Waals surface area contributed by atoms with Gasteiger partial charge in [0.05, 0.1) is 18.3 Å². The van der Waals surface area contributed by atoms with Gasteiger partial charge in [0.25, 0.3) is 0 Å². The fourth-order valence-corrected chi connectivity index (χ4v) is 4.65. The van der Waals surface area contributed by atoms with E-state index < -0.39 is 0 Å². The lowest BCUT2D eigenvalue weighted by Crippen LogP contribution is -2.57. The van der Waals surface area contributed by atoms with E-state index in [2.05, 4.69) is 38.9 Å². The molecule has 3 heterocycles. The van der Waals surface area contributed by atoms with Crippen LogP contribution >= 0.6 is 11.3 Å². The Morgan fingerprint density at radius 1 is 1.15 bits per heavy atom. The van der Waals surface area contributed by atoms with Crippen LogP contribution in [0.5, 0.6) is 0 Å². The summed E-state index contributed by atoms with van der Waals surface area (Å²) in [6.45, 7) is 12.3. The highest BCUT2D eigenvalue weighted by atomic mass is 32.1. The second kappa shape index (κ2) is 9.01. The molecular weight excluding hydrogens is 360 g/mol. The van der Waals surface area contributed by atoms with Crippen molar-refractivity contribution >= 4 is 23.2 Å². The van der Waals surface area contributed by atoms with E-state index in [9.17, 15) is 4.79 Å². The number of amides is 1. The molecule has 1 atom stereocenters. The van der Waals surface area contributed by atoms with Crippen molar-refractivity contribution in [1.82, 2.24) is 25.0 Å². The number of nitrogens with zero attached hydrogens (tertiary/aromatic N) is 5. The zero-order valence-electron chi connectivity index (χ0n) is 17.0. The third-order valence-electron chi connectivity index (χ3n) is 5.62. The minimum atomic E-state index is -0.0264. The molecule has 1 unspecified atom stereocenters. The molecule has 1 N–H and O–H groups in total. The molecule has 0 saturated carbocycles. The summed E-state index contributed by atoms with van der Waals surface area (Å²) in [7, 11) is 1.83. The van der Waals surface area contributed by atoms with Crippen LogP contribution in [0.25, 0.3) is 0 Å². The largest absolute Gasteiger partial charge is 0.350 e. The van der Waals surface area contributed by atoms with E-state index in [-0.39, 0.29) is 11.9 Å². The van der Waals surface area contributed by atoms with Crippen LogP contribution < -0.4 is 5.32 Å². The van der Waals surface area contributed by atoms with Crippen molar-refractivity contribution in [1.29, 1.82) is 0 Å². The highest BCUT2D eigenvalue weighted by Gasteiger charge is 2.30. The van der Waals surface area contributed by atoms with E-state index in [0.717, 1.165) is 68.8 Å². The van der Waals surface area contributed by atoms with Crippen molar-refractivity contribution in [2.75, 3.05) is 46.3 Å². The average molecular weight is 393 g/mol. The number of aromatic nitrogens is 1. The van der Waals surface area contributed by atoms with Crippen LogP contribution in [0.3, 0.4) is 0 Å². The zero-order valence-corrected chi connectivity index (χ0v) is 17.8.